The second-order valence-corrected chi connectivity index (χ2v) is 8.40. The molecule has 0 fully saturated rings. The van der Waals surface area contributed by atoms with Gasteiger partial charge in [-0.15, -0.1) is 0 Å². The summed E-state index contributed by atoms with van der Waals surface area (Å²) in [7, 11) is 0. The van der Waals surface area contributed by atoms with Crippen LogP contribution in [0.1, 0.15) is 67.0 Å². The van der Waals surface area contributed by atoms with E-state index < -0.39 is 0 Å². The normalized spacial score (nSPS) is 9.00. The van der Waals surface area contributed by atoms with Crippen molar-refractivity contribution in [1.29, 1.82) is 5.26 Å². The molecule has 2 aromatic carbocycles. The van der Waals surface area contributed by atoms with Crippen molar-refractivity contribution in [3.05, 3.63) is 80.8 Å². The highest BCUT2D eigenvalue weighted by molar-refractivity contribution is 9.10. The number of hydrogen-bond donors (Lipinski definition) is 0. The summed E-state index contributed by atoms with van der Waals surface area (Å²) in [5.74, 6) is 0.0185. The Morgan fingerprint density at radius 3 is 1.84 bits per heavy atom. The Labute approximate surface area is 204 Å². The molecule has 0 atom stereocenters. The van der Waals surface area contributed by atoms with Gasteiger partial charge in [0.2, 0.25) is 0 Å². The van der Waals surface area contributed by atoms with E-state index in [4.69, 9.17) is 10.00 Å². The molecule has 0 amide bonds. The molecule has 2 rings (SSSR count). The van der Waals surface area contributed by atoms with Crippen molar-refractivity contribution in [2.24, 2.45) is 0 Å². The molecule has 0 N–H and O–H groups in total. The standard InChI is InChI=1S/C9H11Br.C9H9N.C6H14O.C4H6O/c1-6-4-8(3)9(10)5-7(6)2;1-7-3-4-8(2)9(5-7)6-10;1-3-5-7-6-4-2;1-3-4(2)5/h4-5H,1-3H3;3-5H,1-2H3;3-6H2,1-2H3;3H,1H2,2H3. The number of hydrogen-bond acceptors (Lipinski definition) is 3. The molecule has 0 aromatic heterocycles. The second kappa shape index (κ2) is 19.5. The van der Waals surface area contributed by atoms with Crippen molar-refractivity contribution >= 4 is 21.7 Å². The summed E-state index contributed by atoms with van der Waals surface area (Å²) in [6.07, 6.45) is 3.56. The Hall–Kier alpha value is -2.22. The van der Waals surface area contributed by atoms with E-state index in [0.717, 1.165) is 42.7 Å². The van der Waals surface area contributed by atoms with E-state index in [9.17, 15) is 4.79 Å². The third kappa shape index (κ3) is 16.5. The van der Waals surface area contributed by atoms with Crippen LogP contribution in [0.3, 0.4) is 0 Å². The van der Waals surface area contributed by atoms with Crippen LogP contribution in [-0.4, -0.2) is 19.0 Å². The predicted octanol–water partition coefficient (Wildman–Crippen LogP) is 8.13. The molecule has 0 saturated carbocycles. The molecule has 176 valence electrons. The highest BCUT2D eigenvalue weighted by Crippen LogP contribution is 2.19. The van der Waals surface area contributed by atoms with Gasteiger partial charge in [-0.2, -0.15) is 5.26 Å². The minimum atomic E-state index is 0.0185. The van der Waals surface area contributed by atoms with Gasteiger partial charge in [0.15, 0.2) is 5.78 Å². The maximum atomic E-state index is 9.69. The lowest BCUT2D eigenvalue weighted by molar-refractivity contribution is -0.112. The predicted molar refractivity (Wildman–Crippen MR) is 141 cm³/mol. The highest BCUT2D eigenvalue weighted by Gasteiger charge is 1.96. The lowest BCUT2D eigenvalue weighted by atomic mass is 10.1. The van der Waals surface area contributed by atoms with Gasteiger partial charge in [-0.3, -0.25) is 4.79 Å². The van der Waals surface area contributed by atoms with Gasteiger partial charge >= 0.3 is 0 Å². The van der Waals surface area contributed by atoms with Crippen molar-refractivity contribution in [1.82, 2.24) is 0 Å². The zero-order valence-electron chi connectivity index (χ0n) is 21.1. The quantitative estimate of drug-likeness (QED) is 0.306. The van der Waals surface area contributed by atoms with E-state index in [2.05, 4.69) is 75.3 Å². The van der Waals surface area contributed by atoms with Gasteiger partial charge in [0.1, 0.15) is 0 Å². The lowest BCUT2D eigenvalue weighted by Crippen LogP contribution is -1.92. The van der Waals surface area contributed by atoms with Gasteiger partial charge in [0.05, 0.1) is 11.6 Å². The maximum Gasteiger partial charge on any atom is 0.152 e. The average molecular weight is 503 g/mol. The summed E-state index contributed by atoms with van der Waals surface area (Å²) in [5, 5.41) is 8.59. The van der Waals surface area contributed by atoms with Crippen LogP contribution in [-0.2, 0) is 9.53 Å². The Bertz CT molecular complexity index is 812. The van der Waals surface area contributed by atoms with E-state index in [0.29, 0.717) is 0 Å². The molecule has 0 unspecified atom stereocenters. The summed E-state index contributed by atoms with van der Waals surface area (Å²) >= 11 is 3.48. The largest absolute Gasteiger partial charge is 0.381 e. The molecule has 0 aliphatic rings. The molecule has 0 heterocycles. The number of allylic oxidation sites excluding steroid dienone is 1. The summed E-state index contributed by atoms with van der Waals surface area (Å²) in [6.45, 7) is 21.1. The number of benzene rings is 2. The summed E-state index contributed by atoms with van der Waals surface area (Å²) < 4.78 is 6.34. The first kappa shape index (κ1) is 32.0. The number of nitrogens with zero attached hydrogens (tertiary/aromatic N) is 1. The molecule has 0 aliphatic carbocycles. The van der Waals surface area contributed by atoms with Crippen LogP contribution in [0.2, 0.25) is 0 Å². The first-order valence-electron chi connectivity index (χ1n) is 10.9. The van der Waals surface area contributed by atoms with Crippen LogP contribution in [0.25, 0.3) is 0 Å². The SMILES string of the molecule is C=CC(C)=O.CCCOCCC.Cc1cc(C)c(Br)cc1C.Cc1ccc(C)c(C#N)c1. The number of rotatable bonds is 5. The minimum absolute atomic E-state index is 0.0185. The fourth-order valence-corrected chi connectivity index (χ4v) is 2.63. The van der Waals surface area contributed by atoms with Crippen molar-refractivity contribution in [2.45, 2.75) is 68.2 Å². The third-order valence-corrected chi connectivity index (χ3v) is 5.13. The number of carbonyl (C=O) groups excluding carboxylic acids is 1. The van der Waals surface area contributed by atoms with Crippen LogP contribution in [0.15, 0.2) is 47.5 Å². The zero-order valence-corrected chi connectivity index (χ0v) is 22.7. The van der Waals surface area contributed by atoms with E-state index >= 15 is 0 Å². The molecule has 0 spiro atoms. The smallest absolute Gasteiger partial charge is 0.152 e. The summed E-state index contributed by atoms with van der Waals surface area (Å²) in [5.41, 5.74) is 6.98. The number of carbonyl (C=O) groups is 1. The third-order valence-electron chi connectivity index (χ3n) is 4.27. The van der Waals surface area contributed by atoms with E-state index in [1.54, 1.807) is 0 Å². The molecule has 2 aromatic rings. The van der Waals surface area contributed by atoms with Crippen molar-refractivity contribution in [2.75, 3.05) is 13.2 Å². The number of ketones is 1. The maximum absolute atomic E-state index is 9.69. The Morgan fingerprint density at radius 1 is 0.969 bits per heavy atom. The minimum Gasteiger partial charge on any atom is -0.381 e. The Morgan fingerprint density at radius 2 is 1.47 bits per heavy atom. The molecule has 3 nitrogen and oxygen atoms in total. The van der Waals surface area contributed by atoms with Crippen LogP contribution in [0.5, 0.6) is 0 Å². The zero-order chi connectivity index (χ0) is 25.1. The monoisotopic (exact) mass is 501 g/mol. The number of ether oxygens (including phenoxy) is 1. The van der Waals surface area contributed by atoms with Crippen LogP contribution >= 0.6 is 15.9 Å². The lowest BCUT2D eigenvalue weighted by Gasteiger charge is -2.02. The van der Waals surface area contributed by atoms with Gasteiger partial charge in [-0.1, -0.05) is 54.6 Å². The Balaban J connectivity index is 0. The van der Waals surface area contributed by atoms with Crippen LogP contribution < -0.4 is 0 Å². The van der Waals surface area contributed by atoms with E-state index in [1.165, 1.54) is 34.2 Å². The van der Waals surface area contributed by atoms with Gasteiger partial charge < -0.3 is 4.74 Å². The molecule has 32 heavy (non-hydrogen) atoms. The van der Waals surface area contributed by atoms with Crippen LogP contribution in [0.4, 0.5) is 0 Å². The van der Waals surface area contributed by atoms with Crippen LogP contribution in [0, 0.1) is 45.9 Å². The summed E-state index contributed by atoms with van der Waals surface area (Å²) in [6, 6.07) is 12.4. The van der Waals surface area contributed by atoms with E-state index in [1.807, 2.05) is 32.0 Å². The molecular weight excluding hydrogens is 462 g/mol. The van der Waals surface area contributed by atoms with Gasteiger partial charge in [-0.05, 0) is 100 Å². The molecule has 0 bridgehead atoms. The van der Waals surface area contributed by atoms with Crippen molar-refractivity contribution < 1.29 is 9.53 Å². The molecule has 0 saturated heterocycles. The fraction of sp³-hybridized carbons (Fsp3) is 0.429. The molecular formula is C28H40BrNO2. The van der Waals surface area contributed by atoms with Gasteiger partial charge in [0.25, 0.3) is 0 Å². The molecule has 0 radical (unpaired) electrons. The number of aryl methyl sites for hydroxylation is 5. The van der Waals surface area contributed by atoms with Crippen molar-refractivity contribution in [3.63, 3.8) is 0 Å². The Kier molecular flexibility index (Phi) is 19.4. The molecule has 0 aliphatic heterocycles. The average Bonchev–Trinajstić information content (AvgIpc) is 2.76. The van der Waals surface area contributed by atoms with Gasteiger partial charge in [0, 0.05) is 17.7 Å². The topological polar surface area (TPSA) is 50.1 Å². The number of nitriles is 1. The number of halogens is 1. The molecule has 4 heteroatoms. The second-order valence-electron chi connectivity index (χ2n) is 7.54. The van der Waals surface area contributed by atoms with E-state index in [-0.39, 0.29) is 5.78 Å². The fourth-order valence-electron chi connectivity index (χ4n) is 2.17. The highest BCUT2D eigenvalue weighted by atomic mass is 79.9. The summed E-state index contributed by atoms with van der Waals surface area (Å²) in [4.78, 5) is 9.69. The van der Waals surface area contributed by atoms with Crippen molar-refractivity contribution in [3.8, 4) is 6.07 Å². The van der Waals surface area contributed by atoms with Gasteiger partial charge in [-0.25, -0.2) is 0 Å². The first-order valence-corrected chi connectivity index (χ1v) is 11.7. The first-order chi connectivity index (χ1) is 15.0.